The lowest BCUT2D eigenvalue weighted by molar-refractivity contribution is 0.0929. The van der Waals surface area contributed by atoms with Gasteiger partial charge in [-0.3, -0.25) is 4.79 Å². The number of nitrogens with one attached hydrogen (secondary N) is 2. The molecule has 1 atom stereocenters. The molecule has 7 heteroatoms. The van der Waals surface area contributed by atoms with Crippen molar-refractivity contribution in [3.8, 4) is 0 Å². The smallest absolute Gasteiger partial charge is 0.293 e. The van der Waals surface area contributed by atoms with Crippen molar-refractivity contribution in [2.45, 2.75) is 19.4 Å². The van der Waals surface area contributed by atoms with Crippen LogP contribution in [-0.2, 0) is 6.42 Å². The van der Waals surface area contributed by atoms with Crippen LogP contribution in [0.25, 0.3) is 0 Å². The van der Waals surface area contributed by atoms with Crippen LogP contribution in [0.3, 0.4) is 0 Å². The summed E-state index contributed by atoms with van der Waals surface area (Å²) in [5.41, 5.74) is 1.10. The predicted octanol–water partition coefficient (Wildman–Crippen LogP) is 1.21. The molecule has 0 radical (unpaired) electrons. The minimum absolute atomic E-state index is 0.0304. The second kappa shape index (κ2) is 5.59. The van der Waals surface area contributed by atoms with Crippen LogP contribution in [0.4, 0.5) is 0 Å². The van der Waals surface area contributed by atoms with E-state index in [0.717, 1.165) is 5.56 Å². The van der Waals surface area contributed by atoms with Crippen molar-refractivity contribution in [3.05, 3.63) is 40.7 Å². The lowest BCUT2D eigenvalue weighted by Gasteiger charge is -2.12. The third kappa shape index (κ3) is 3.27. The van der Waals surface area contributed by atoms with Crippen molar-refractivity contribution < 1.29 is 4.79 Å². The first kappa shape index (κ1) is 12.5. The summed E-state index contributed by atoms with van der Waals surface area (Å²) < 4.78 is 0. The number of H-pyrrole nitrogens is 1. The number of amides is 1. The van der Waals surface area contributed by atoms with Crippen LogP contribution in [0.5, 0.6) is 0 Å². The van der Waals surface area contributed by atoms with E-state index in [1.54, 1.807) is 0 Å². The van der Waals surface area contributed by atoms with E-state index in [4.69, 9.17) is 11.6 Å². The highest BCUT2D eigenvalue weighted by molar-refractivity contribution is 6.30. The van der Waals surface area contributed by atoms with Gasteiger partial charge in [0.15, 0.2) is 0 Å². The average molecular weight is 266 g/mol. The van der Waals surface area contributed by atoms with Gasteiger partial charge in [-0.15, -0.1) is 10.2 Å². The SMILES string of the molecule is CC(Cc1ccc(Cl)cc1)NC(=O)c1nn[nH]n1. The number of hydrogen-bond acceptors (Lipinski definition) is 4. The summed E-state index contributed by atoms with van der Waals surface area (Å²) in [6, 6.07) is 7.48. The number of tetrazole rings is 1. The standard InChI is InChI=1S/C11H12ClN5O/c1-7(6-8-2-4-9(12)5-3-8)13-11(18)10-14-16-17-15-10/h2-5,7H,6H2,1H3,(H,13,18)(H,14,15,16,17). The van der Waals surface area contributed by atoms with Crippen LogP contribution < -0.4 is 5.32 Å². The minimum Gasteiger partial charge on any atom is -0.346 e. The first-order valence-corrected chi connectivity index (χ1v) is 5.81. The molecular formula is C11H12ClN5O. The molecule has 1 aromatic heterocycles. The first-order valence-electron chi connectivity index (χ1n) is 5.44. The number of hydrogen-bond donors (Lipinski definition) is 2. The fourth-order valence-corrected chi connectivity index (χ4v) is 1.70. The number of rotatable bonds is 4. The molecule has 0 fully saturated rings. The molecule has 0 saturated heterocycles. The number of carbonyl (C=O) groups excluding carboxylic acids is 1. The summed E-state index contributed by atoms with van der Waals surface area (Å²) in [5.74, 6) is -0.303. The van der Waals surface area contributed by atoms with Crippen molar-refractivity contribution in [1.82, 2.24) is 25.9 Å². The Labute approximate surface area is 109 Å². The van der Waals surface area contributed by atoms with Gasteiger partial charge in [0.05, 0.1) is 0 Å². The van der Waals surface area contributed by atoms with Crippen molar-refractivity contribution in [2.75, 3.05) is 0 Å². The fourth-order valence-electron chi connectivity index (χ4n) is 1.57. The zero-order valence-electron chi connectivity index (χ0n) is 9.72. The Hall–Kier alpha value is -1.95. The van der Waals surface area contributed by atoms with E-state index in [9.17, 15) is 4.79 Å². The zero-order valence-corrected chi connectivity index (χ0v) is 10.5. The Kier molecular flexibility index (Phi) is 3.88. The highest BCUT2D eigenvalue weighted by Gasteiger charge is 2.13. The predicted molar refractivity (Wildman–Crippen MR) is 66.3 cm³/mol. The Bertz CT molecular complexity index is 511. The van der Waals surface area contributed by atoms with Crippen molar-refractivity contribution in [3.63, 3.8) is 0 Å². The van der Waals surface area contributed by atoms with Crippen LogP contribution in [-0.4, -0.2) is 32.6 Å². The summed E-state index contributed by atoms with van der Waals surface area (Å²) in [6.07, 6.45) is 0.709. The molecule has 1 unspecified atom stereocenters. The molecule has 0 bridgehead atoms. The van der Waals surface area contributed by atoms with Gasteiger partial charge in [0, 0.05) is 11.1 Å². The second-order valence-electron chi connectivity index (χ2n) is 3.94. The number of aromatic nitrogens is 4. The maximum Gasteiger partial charge on any atom is 0.293 e. The molecule has 2 aromatic rings. The Balaban J connectivity index is 1.90. The summed E-state index contributed by atoms with van der Waals surface area (Å²) in [7, 11) is 0. The lowest BCUT2D eigenvalue weighted by Crippen LogP contribution is -2.34. The van der Waals surface area contributed by atoms with Gasteiger partial charge in [0.25, 0.3) is 11.7 Å². The number of benzene rings is 1. The second-order valence-corrected chi connectivity index (χ2v) is 4.38. The van der Waals surface area contributed by atoms with Crippen molar-refractivity contribution >= 4 is 17.5 Å². The first-order chi connectivity index (χ1) is 8.65. The normalized spacial score (nSPS) is 12.1. The number of carbonyl (C=O) groups is 1. The molecule has 18 heavy (non-hydrogen) atoms. The third-order valence-electron chi connectivity index (χ3n) is 2.38. The average Bonchev–Trinajstić information content (AvgIpc) is 2.85. The quantitative estimate of drug-likeness (QED) is 0.870. The monoisotopic (exact) mass is 265 g/mol. The number of aromatic amines is 1. The third-order valence-corrected chi connectivity index (χ3v) is 2.63. The van der Waals surface area contributed by atoms with Gasteiger partial charge in [-0.1, -0.05) is 23.7 Å². The molecule has 0 aliphatic heterocycles. The van der Waals surface area contributed by atoms with Crippen LogP contribution >= 0.6 is 11.6 Å². The highest BCUT2D eigenvalue weighted by Crippen LogP contribution is 2.11. The summed E-state index contributed by atoms with van der Waals surface area (Å²) >= 11 is 5.80. The van der Waals surface area contributed by atoms with Crippen molar-refractivity contribution in [1.29, 1.82) is 0 Å². The van der Waals surface area contributed by atoms with Crippen LogP contribution in [0, 0.1) is 0 Å². The topological polar surface area (TPSA) is 83.6 Å². The van der Waals surface area contributed by atoms with E-state index in [1.165, 1.54) is 0 Å². The minimum atomic E-state index is -0.342. The van der Waals surface area contributed by atoms with Crippen molar-refractivity contribution in [2.24, 2.45) is 0 Å². The van der Waals surface area contributed by atoms with E-state index in [1.807, 2.05) is 31.2 Å². The van der Waals surface area contributed by atoms with Crippen LogP contribution in [0.2, 0.25) is 5.02 Å². The van der Waals surface area contributed by atoms with E-state index < -0.39 is 0 Å². The van der Waals surface area contributed by atoms with Gasteiger partial charge in [-0.25, -0.2) is 0 Å². The van der Waals surface area contributed by atoms with Gasteiger partial charge in [0.1, 0.15) is 0 Å². The number of nitrogens with zero attached hydrogens (tertiary/aromatic N) is 3. The molecule has 94 valence electrons. The molecule has 2 rings (SSSR count). The molecule has 0 saturated carbocycles. The van der Waals surface area contributed by atoms with E-state index in [-0.39, 0.29) is 17.8 Å². The molecule has 0 aliphatic rings. The van der Waals surface area contributed by atoms with Crippen LogP contribution in [0.15, 0.2) is 24.3 Å². The molecule has 1 aromatic carbocycles. The van der Waals surface area contributed by atoms with E-state index >= 15 is 0 Å². The largest absolute Gasteiger partial charge is 0.346 e. The van der Waals surface area contributed by atoms with Crippen LogP contribution in [0.1, 0.15) is 23.1 Å². The van der Waals surface area contributed by atoms with E-state index in [2.05, 4.69) is 25.9 Å². The van der Waals surface area contributed by atoms with Gasteiger partial charge in [-0.05, 0) is 36.3 Å². The summed E-state index contributed by atoms with van der Waals surface area (Å²) in [4.78, 5) is 11.6. The molecule has 0 aliphatic carbocycles. The molecular weight excluding hydrogens is 254 g/mol. The van der Waals surface area contributed by atoms with Gasteiger partial charge in [-0.2, -0.15) is 5.21 Å². The highest BCUT2D eigenvalue weighted by atomic mass is 35.5. The molecule has 1 heterocycles. The summed E-state index contributed by atoms with van der Waals surface area (Å²) in [5, 5.41) is 16.3. The van der Waals surface area contributed by atoms with Gasteiger partial charge >= 0.3 is 0 Å². The molecule has 6 nitrogen and oxygen atoms in total. The number of halogens is 1. The maximum atomic E-state index is 11.6. The molecule has 0 spiro atoms. The lowest BCUT2D eigenvalue weighted by atomic mass is 10.1. The van der Waals surface area contributed by atoms with Gasteiger partial charge in [0.2, 0.25) is 0 Å². The fraction of sp³-hybridized carbons (Fsp3) is 0.273. The Morgan fingerprint density at radius 1 is 1.44 bits per heavy atom. The zero-order chi connectivity index (χ0) is 13.0. The Morgan fingerprint density at radius 2 is 2.17 bits per heavy atom. The molecule has 2 N–H and O–H groups in total. The summed E-state index contributed by atoms with van der Waals surface area (Å²) in [6.45, 7) is 1.91. The molecule has 1 amide bonds. The maximum absolute atomic E-state index is 11.6. The Morgan fingerprint density at radius 3 is 2.78 bits per heavy atom. The van der Waals surface area contributed by atoms with E-state index in [0.29, 0.717) is 11.4 Å². The van der Waals surface area contributed by atoms with Gasteiger partial charge < -0.3 is 5.32 Å².